The average Bonchev–Trinajstić information content (AvgIpc) is 3.24. The molecule has 2 aromatic rings. The zero-order valence-electron chi connectivity index (χ0n) is 12.8. The van der Waals surface area contributed by atoms with E-state index in [1.54, 1.807) is 24.1 Å². The Kier molecular flexibility index (Phi) is 4.29. The lowest BCUT2D eigenvalue weighted by Gasteiger charge is -2.27. The Hall–Kier alpha value is -2.41. The standard InChI is InChI=1S/C16H18FN3O3/c1-22-16(10-23-13-4-2-12(17)3-5-13)6-7-20(9-16)15(21)14-8-18-11-19-14/h2-5,8,11H,6-7,9-10H2,1H3,(H,18,19)/t16-/m1/s1. The number of hydrogen-bond acceptors (Lipinski definition) is 4. The fourth-order valence-corrected chi connectivity index (χ4v) is 2.65. The minimum absolute atomic E-state index is 0.108. The molecule has 1 fully saturated rings. The highest BCUT2D eigenvalue weighted by Crippen LogP contribution is 2.27. The van der Waals surface area contributed by atoms with Gasteiger partial charge in [0.05, 0.1) is 19.1 Å². The maximum Gasteiger partial charge on any atom is 0.272 e. The first kappa shape index (κ1) is 15.5. The Bertz CT molecular complexity index is 660. The van der Waals surface area contributed by atoms with Crippen molar-refractivity contribution in [3.8, 4) is 5.75 Å². The van der Waals surface area contributed by atoms with Gasteiger partial charge in [-0.2, -0.15) is 0 Å². The fraction of sp³-hybridized carbons (Fsp3) is 0.375. The van der Waals surface area contributed by atoms with Crippen molar-refractivity contribution in [3.63, 3.8) is 0 Å². The van der Waals surface area contributed by atoms with Gasteiger partial charge in [0.15, 0.2) is 0 Å². The summed E-state index contributed by atoms with van der Waals surface area (Å²) < 4.78 is 24.2. The van der Waals surface area contributed by atoms with E-state index in [-0.39, 0.29) is 11.7 Å². The molecule has 0 aliphatic carbocycles. The fourth-order valence-electron chi connectivity index (χ4n) is 2.65. The van der Waals surface area contributed by atoms with Crippen LogP contribution in [0, 0.1) is 5.82 Å². The molecule has 0 bridgehead atoms. The smallest absolute Gasteiger partial charge is 0.272 e. The van der Waals surface area contributed by atoms with Gasteiger partial charge < -0.3 is 19.4 Å². The molecule has 2 heterocycles. The molecule has 3 rings (SSSR count). The number of nitrogens with zero attached hydrogens (tertiary/aromatic N) is 2. The maximum absolute atomic E-state index is 12.9. The van der Waals surface area contributed by atoms with E-state index in [9.17, 15) is 9.18 Å². The van der Waals surface area contributed by atoms with Crippen molar-refractivity contribution in [3.05, 3.63) is 48.3 Å². The van der Waals surface area contributed by atoms with Crippen LogP contribution >= 0.6 is 0 Å². The Morgan fingerprint density at radius 3 is 2.87 bits per heavy atom. The third kappa shape index (κ3) is 3.34. The van der Waals surface area contributed by atoms with Crippen molar-refractivity contribution < 1.29 is 18.7 Å². The monoisotopic (exact) mass is 319 g/mol. The van der Waals surface area contributed by atoms with Crippen LogP contribution in [0.4, 0.5) is 4.39 Å². The highest BCUT2D eigenvalue weighted by molar-refractivity contribution is 5.92. The van der Waals surface area contributed by atoms with Gasteiger partial charge in [-0.3, -0.25) is 4.79 Å². The molecule has 1 aromatic carbocycles. The minimum Gasteiger partial charge on any atom is -0.491 e. The molecule has 1 saturated heterocycles. The van der Waals surface area contributed by atoms with Crippen LogP contribution in [0.15, 0.2) is 36.8 Å². The van der Waals surface area contributed by atoms with Crippen LogP contribution in [0.1, 0.15) is 16.9 Å². The Morgan fingerprint density at radius 2 is 2.22 bits per heavy atom. The van der Waals surface area contributed by atoms with Crippen LogP contribution in [0.2, 0.25) is 0 Å². The van der Waals surface area contributed by atoms with Gasteiger partial charge >= 0.3 is 0 Å². The predicted molar refractivity (Wildman–Crippen MR) is 80.7 cm³/mol. The lowest BCUT2D eigenvalue weighted by atomic mass is 10.0. The SMILES string of the molecule is CO[C@]1(COc2ccc(F)cc2)CCN(C(=O)c2cnc[nH]2)C1. The summed E-state index contributed by atoms with van der Waals surface area (Å²) in [6, 6.07) is 5.83. The lowest BCUT2D eigenvalue weighted by molar-refractivity contribution is -0.0343. The zero-order valence-corrected chi connectivity index (χ0v) is 12.8. The first-order valence-electron chi connectivity index (χ1n) is 7.33. The molecule has 6 nitrogen and oxygen atoms in total. The number of ether oxygens (including phenoxy) is 2. The molecule has 1 aliphatic rings. The highest BCUT2D eigenvalue weighted by Gasteiger charge is 2.41. The third-order valence-electron chi connectivity index (χ3n) is 4.08. The number of carbonyl (C=O) groups excluding carboxylic acids is 1. The van der Waals surface area contributed by atoms with Gasteiger partial charge in [-0.15, -0.1) is 0 Å². The molecule has 1 aromatic heterocycles. The van der Waals surface area contributed by atoms with E-state index in [1.807, 2.05) is 0 Å². The first-order valence-corrected chi connectivity index (χ1v) is 7.33. The number of benzene rings is 1. The van der Waals surface area contributed by atoms with Crippen LogP contribution < -0.4 is 4.74 Å². The first-order chi connectivity index (χ1) is 11.1. The second-order valence-electron chi connectivity index (χ2n) is 5.57. The van der Waals surface area contributed by atoms with Crippen molar-refractivity contribution in [2.75, 3.05) is 26.8 Å². The number of hydrogen-bond donors (Lipinski definition) is 1. The van der Waals surface area contributed by atoms with E-state index >= 15 is 0 Å². The van der Waals surface area contributed by atoms with Gasteiger partial charge in [0.25, 0.3) is 5.91 Å². The summed E-state index contributed by atoms with van der Waals surface area (Å²) >= 11 is 0. The number of amides is 1. The van der Waals surface area contributed by atoms with Crippen LogP contribution in [0.25, 0.3) is 0 Å². The molecule has 23 heavy (non-hydrogen) atoms. The van der Waals surface area contributed by atoms with E-state index in [0.717, 1.165) is 0 Å². The summed E-state index contributed by atoms with van der Waals surface area (Å²) in [6.45, 7) is 1.31. The number of aromatic amines is 1. The van der Waals surface area contributed by atoms with Gasteiger partial charge in [-0.1, -0.05) is 0 Å². The van der Waals surface area contributed by atoms with Gasteiger partial charge in [0.2, 0.25) is 0 Å². The van der Waals surface area contributed by atoms with E-state index in [4.69, 9.17) is 9.47 Å². The molecule has 1 N–H and O–H groups in total. The third-order valence-corrected chi connectivity index (χ3v) is 4.08. The van der Waals surface area contributed by atoms with E-state index < -0.39 is 5.60 Å². The molecule has 122 valence electrons. The Morgan fingerprint density at radius 1 is 1.43 bits per heavy atom. The van der Waals surface area contributed by atoms with Crippen LogP contribution in [-0.4, -0.2) is 53.2 Å². The molecule has 7 heteroatoms. The molecular formula is C16H18FN3O3. The van der Waals surface area contributed by atoms with Gasteiger partial charge in [0, 0.05) is 13.7 Å². The molecule has 1 aliphatic heterocycles. The highest BCUT2D eigenvalue weighted by atomic mass is 19.1. The predicted octanol–water partition coefficient (Wildman–Crippen LogP) is 1.86. The van der Waals surface area contributed by atoms with Crippen LogP contribution in [0.3, 0.4) is 0 Å². The number of H-pyrrole nitrogens is 1. The Balaban J connectivity index is 1.63. The molecule has 1 amide bonds. The van der Waals surface area contributed by atoms with Crippen molar-refractivity contribution in [1.29, 1.82) is 0 Å². The summed E-state index contributed by atoms with van der Waals surface area (Å²) in [5, 5.41) is 0. The van der Waals surface area contributed by atoms with Crippen LogP contribution in [0.5, 0.6) is 5.75 Å². The number of methoxy groups -OCH3 is 1. The maximum atomic E-state index is 12.9. The van der Waals surface area contributed by atoms with Gasteiger partial charge in [0.1, 0.15) is 29.5 Å². The minimum atomic E-state index is -0.565. The number of halogens is 1. The topological polar surface area (TPSA) is 67.5 Å². The van der Waals surface area contributed by atoms with Crippen molar-refractivity contribution in [1.82, 2.24) is 14.9 Å². The van der Waals surface area contributed by atoms with Gasteiger partial charge in [-0.25, -0.2) is 9.37 Å². The number of likely N-dealkylation sites (tertiary alicyclic amines) is 1. The number of carbonyl (C=O) groups is 1. The summed E-state index contributed by atoms with van der Waals surface area (Å²) in [6.07, 6.45) is 3.65. The number of rotatable bonds is 5. The molecule has 0 unspecified atom stereocenters. The van der Waals surface area contributed by atoms with E-state index in [2.05, 4.69) is 9.97 Å². The van der Waals surface area contributed by atoms with Crippen molar-refractivity contribution >= 4 is 5.91 Å². The molecule has 0 radical (unpaired) electrons. The lowest BCUT2D eigenvalue weighted by Crippen LogP contribution is -2.42. The van der Waals surface area contributed by atoms with Crippen molar-refractivity contribution in [2.24, 2.45) is 0 Å². The molecule has 0 saturated carbocycles. The van der Waals surface area contributed by atoms with E-state index in [1.165, 1.54) is 24.7 Å². The largest absolute Gasteiger partial charge is 0.491 e. The quantitative estimate of drug-likeness (QED) is 0.913. The number of nitrogens with one attached hydrogen (secondary N) is 1. The average molecular weight is 319 g/mol. The molecular weight excluding hydrogens is 301 g/mol. The summed E-state index contributed by atoms with van der Waals surface area (Å²) in [5.74, 6) is 0.153. The summed E-state index contributed by atoms with van der Waals surface area (Å²) in [5.41, 5.74) is -0.110. The summed E-state index contributed by atoms with van der Waals surface area (Å²) in [4.78, 5) is 20.7. The normalized spacial score (nSPS) is 20.7. The second kappa shape index (κ2) is 6.37. The Labute approximate surface area is 133 Å². The van der Waals surface area contributed by atoms with Crippen molar-refractivity contribution in [2.45, 2.75) is 12.0 Å². The zero-order chi connectivity index (χ0) is 16.3. The van der Waals surface area contributed by atoms with E-state index in [0.29, 0.717) is 37.6 Å². The van der Waals surface area contributed by atoms with Crippen LogP contribution in [-0.2, 0) is 4.74 Å². The number of aromatic nitrogens is 2. The second-order valence-corrected chi connectivity index (χ2v) is 5.57. The molecule has 1 atom stereocenters. The summed E-state index contributed by atoms with van der Waals surface area (Å²) in [7, 11) is 1.61. The molecule has 0 spiro atoms. The number of imidazole rings is 1. The van der Waals surface area contributed by atoms with Gasteiger partial charge in [-0.05, 0) is 30.7 Å².